The fourth-order valence-corrected chi connectivity index (χ4v) is 2.32. The van der Waals surface area contributed by atoms with Crippen LogP contribution in [0.15, 0.2) is 23.1 Å². The van der Waals surface area contributed by atoms with E-state index < -0.39 is 77.0 Å². The molecular formula is C20H22F18O. The van der Waals surface area contributed by atoms with Crippen molar-refractivity contribution >= 4 is 0 Å². The van der Waals surface area contributed by atoms with Gasteiger partial charge in [0.1, 0.15) is 0 Å². The second kappa shape index (κ2) is 12.0. The minimum atomic E-state index is -5.96. The maximum atomic E-state index is 13.7. The van der Waals surface area contributed by atoms with Gasteiger partial charge in [-0.3, -0.25) is 0 Å². The van der Waals surface area contributed by atoms with Crippen LogP contribution in [0.1, 0.15) is 48.0 Å². The van der Waals surface area contributed by atoms with Gasteiger partial charge in [-0.05, 0) is 39.7 Å². The van der Waals surface area contributed by atoms with Crippen LogP contribution in [0.4, 0.5) is 79.0 Å². The first-order chi connectivity index (χ1) is 16.6. The van der Waals surface area contributed by atoms with E-state index in [0.717, 1.165) is 27.7 Å². The van der Waals surface area contributed by atoms with Gasteiger partial charge < -0.3 is 4.74 Å². The summed E-state index contributed by atoms with van der Waals surface area (Å²) in [4.78, 5) is 0. The average Bonchev–Trinajstić information content (AvgIpc) is 2.97. The lowest BCUT2D eigenvalue weighted by molar-refractivity contribution is -0.391. The maximum Gasteiger partial charge on any atom is 0.460 e. The minimum Gasteiger partial charge on any atom is -0.340 e. The van der Waals surface area contributed by atoms with Crippen LogP contribution in [0.3, 0.4) is 0 Å². The van der Waals surface area contributed by atoms with E-state index in [1.807, 2.05) is 0 Å². The highest BCUT2D eigenvalue weighted by Crippen LogP contribution is 2.57. The van der Waals surface area contributed by atoms with E-state index >= 15 is 0 Å². The van der Waals surface area contributed by atoms with Crippen molar-refractivity contribution in [3.8, 4) is 0 Å². The van der Waals surface area contributed by atoms with E-state index in [1.54, 1.807) is 0 Å². The highest BCUT2D eigenvalue weighted by molar-refractivity contribution is 5.14. The van der Waals surface area contributed by atoms with Gasteiger partial charge in [-0.15, -0.1) is 0 Å². The van der Waals surface area contributed by atoms with E-state index in [1.165, 1.54) is 0 Å². The molecule has 19 heteroatoms. The Balaban J connectivity index is 0. The molecule has 1 fully saturated rings. The van der Waals surface area contributed by atoms with E-state index in [2.05, 4.69) is 4.74 Å². The molecule has 1 atom stereocenters. The Bertz CT molecular complexity index is 856. The fourth-order valence-electron chi connectivity index (χ4n) is 2.32. The highest BCUT2D eigenvalue weighted by Gasteiger charge is 2.78. The van der Waals surface area contributed by atoms with Gasteiger partial charge in [0.2, 0.25) is 5.83 Å². The molecule has 0 aromatic rings. The van der Waals surface area contributed by atoms with Gasteiger partial charge in [0.25, 0.3) is 5.85 Å². The number of hydrogen-bond acceptors (Lipinski definition) is 1. The Hall–Kier alpha value is -1.82. The predicted octanol–water partition coefficient (Wildman–Crippen LogP) is 10.2. The quantitative estimate of drug-likeness (QED) is 0.286. The smallest absolute Gasteiger partial charge is 0.340 e. The summed E-state index contributed by atoms with van der Waals surface area (Å²) in [6, 6.07) is 0. The molecular weight excluding hydrogens is 598 g/mol. The molecule has 0 aliphatic carbocycles. The number of halogens is 18. The Morgan fingerprint density at radius 3 is 1.18 bits per heavy atom. The lowest BCUT2D eigenvalue weighted by Gasteiger charge is -2.38. The molecule has 1 heterocycles. The van der Waals surface area contributed by atoms with Crippen molar-refractivity contribution in [2.45, 2.75) is 89.9 Å². The summed E-state index contributed by atoms with van der Waals surface area (Å²) in [6.45, 7) is 4.19. The largest absolute Gasteiger partial charge is 0.460 e. The highest BCUT2D eigenvalue weighted by atomic mass is 19.4. The number of alkyl halides is 15. The molecule has 0 bridgehead atoms. The summed E-state index contributed by atoms with van der Waals surface area (Å²) in [7, 11) is 0. The van der Waals surface area contributed by atoms with Gasteiger partial charge in [-0.2, -0.15) is 61.5 Å². The molecule has 0 aromatic heterocycles. The van der Waals surface area contributed by atoms with Crippen LogP contribution in [0.5, 0.6) is 0 Å². The topological polar surface area (TPSA) is 9.23 Å². The minimum absolute atomic E-state index is 0.185. The zero-order valence-electron chi connectivity index (χ0n) is 20.6. The summed E-state index contributed by atoms with van der Waals surface area (Å²) in [5, 5.41) is 0. The first-order valence-electron chi connectivity index (χ1n) is 10.00. The molecule has 1 aliphatic rings. The van der Waals surface area contributed by atoms with Gasteiger partial charge >= 0.3 is 30.4 Å². The molecule has 39 heavy (non-hydrogen) atoms. The summed E-state index contributed by atoms with van der Waals surface area (Å²) >= 11 is 0. The fraction of sp³-hybridized carbons (Fsp3) is 0.800. The number of allylic oxidation sites excluding steroid dienone is 4. The molecule has 1 saturated heterocycles. The molecule has 0 radical (unpaired) electrons. The zero-order chi connectivity index (χ0) is 32.4. The average molecular weight is 620 g/mol. The lowest BCUT2D eigenvalue weighted by Crippen LogP contribution is -2.60. The van der Waals surface area contributed by atoms with Crippen molar-refractivity contribution in [1.29, 1.82) is 0 Å². The van der Waals surface area contributed by atoms with Crippen LogP contribution < -0.4 is 0 Å². The van der Waals surface area contributed by atoms with Gasteiger partial charge in [-0.25, -0.2) is 17.6 Å². The first-order valence-corrected chi connectivity index (χ1v) is 10.00. The summed E-state index contributed by atoms with van der Waals surface area (Å²) < 4.78 is 221. The lowest BCUT2D eigenvalue weighted by atomic mass is 9.80. The molecule has 0 saturated carbocycles. The second-order valence-corrected chi connectivity index (χ2v) is 9.13. The summed E-state index contributed by atoms with van der Waals surface area (Å²) in [5.74, 6) is -22.7. The summed E-state index contributed by atoms with van der Waals surface area (Å²) in [6.07, 6.45) is -17.5. The van der Waals surface area contributed by atoms with Crippen molar-refractivity contribution in [3.63, 3.8) is 0 Å². The van der Waals surface area contributed by atoms with Crippen LogP contribution in [-0.4, -0.2) is 48.5 Å². The van der Waals surface area contributed by atoms with Crippen molar-refractivity contribution in [3.05, 3.63) is 23.1 Å². The molecule has 234 valence electrons. The van der Waals surface area contributed by atoms with Gasteiger partial charge in [0, 0.05) is 5.41 Å². The molecule has 1 nitrogen and oxygen atoms in total. The second-order valence-electron chi connectivity index (χ2n) is 9.13. The predicted molar refractivity (Wildman–Crippen MR) is 100 cm³/mol. The van der Waals surface area contributed by atoms with E-state index in [-0.39, 0.29) is 6.42 Å². The molecule has 0 aromatic carbocycles. The van der Waals surface area contributed by atoms with E-state index in [4.69, 9.17) is 0 Å². The van der Waals surface area contributed by atoms with Gasteiger partial charge in [0.15, 0.2) is 17.3 Å². The Morgan fingerprint density at radius 2 is 1.03 bits per heavy atom. The normalized spacial score (nSPS) is 21.2. The Labute approximate surface area is 209 Å². The third-order valence-electron chi connectivity index (χ3n) is 4.69. The molecule has 1 unspecified atom stereocenters. The SMILES string of the molecule is CC(C)(F)/C(F)=C(\F)C(F)(F)F.CC(C)=C(F)C(F)(F)C(F)(F)F.CC1(C)CCOC1(F)C(F)(F)C(F)(F)F. The monoisotopic (exact) mass is 620 g/mol. The van der Waals surface area contributed by atoms with Crippen LogP contribution in [0, 0.1) is 5.41 Å². The van der Waals surface area contributed by atoms with Crippen molar-refractivity contribution in [2.75, 3.05) is 6.61 Å². The third-order valence-corrected chi connectivity index (χ3v) is 4.69. The van der Waals surface area contributed by atoms with Crippen molar-refractivity contribution < 1.29 is 83.8 Å². The molecule has 0 amide bonds. The van der Waals surface area contributed by atoms with Gasteiger partial charge in [0.05, 0.1) is 6.61 Å². The maximum absolute atomic E-state index is 13.7. The van der Waals surface area contributed by atoms with Crippen LogP contribution in [0.2, 0.25) is 0 Å². The molecule has 0 spiro atoms. The first kappa shape index (κ1) is 39.3. The van der Waals surface area contributed by atoms with Crippen LogP contribution >= 0.6 is 0 Å². The Kier molecular flexibility index (Phi) is 12.1. The zero-order valence-corrected chi connectivity index (χ0v) is 20.6. The van der Waals surface area contributed by atoms with E-state index in [9.17, 15) is 79.0 Å². The van der Waals surface area contributed by atoms with Crippen molar-refractivity contribution in [2.24, 2.45) is 5.41 Å². The number of ether oxygens (including phenoxy) is 1. The molecule has 1 aliphatic heterocycles. The van der Waals surface area contributed by atoms with Crippen LogP contribution in [0.25, 0.3) is 0 Å². The number of hydrogen-bond donors (Lipinski definition) is 0. The Morgan fingerprint density at radius 1 is 0.641 bits per heavy atom. The van der Waals surface area contributed by atoms with Crippen LogP contribution in [-0.2, 0) is 4.74 Å². The standard InChI is InChI=1S/C8H10F6O.2C6H6F6/c1-5(2)3-4-15-7(5,11)6(9,10)8(12,13)14;1-5(2,9)3(7)4(8)6(10,11)12;1-3(2)4(7)5(8,9)6(10,11)12/h3-4H2,1-2H3;2*1-2H3/b;4-3+;. The molecule has 0 N–H and O–H groups in total. The number of rotatable bonds is 3. The van der Waals surface area contributed by atoms with Crippen molar-refractivity contribution in [1.82, 2.24) is 0 Å². The third kappa shape index (κ3) is 9.09. The molecule has 1 rings (SSSR count). The summed E-state index contributed by atoms with van der Waals surface area (Å²) in [5.41, 5.74) is -5.50. The van der Waals surface area contributed by atoms with E-state index in [0.29, 0.717) is 13.8 Å². The van der Waals surface area contributed by atoms with Gasteiger partial charge in [-0.1, -0.05) is 13.8 Å².